The van der Waals surface area contributed by atoms with E-state index >= 15 is 0 Å². The number of hydrogen-bond acceptors (Lipinski definition) is 0. The molecular formula is C12H28. The van der Waals surface area contributed by atoms with Crippen LogP contribution in [0.5, 0.6) is 0 Å². The molecule has 0 fully saturated rings. The highest BCUT2D eigenvalue weighted by molar-refractivity contribution is 4.51. The Balaban J connectivity index is -0.000000115. The van der Waals surface area contributed by atoms with Gasteiger partial charge in [-0.15, -0.1) is 6.58 Å². The molecule has 0 aromatic carbocycles. The lowest BCUT2D eigenvalue weighted by molar-refractivity contribution is 0.544. The highest BCUT2D eigenvalue weighted by Crippen LogP contribution is 2.02. The molecule has 12 heavy (non-hydrogen) atoms. The summed E-state index contributed by atoms with van der Waals surface area (Å²) in [5.41, 5.74) is 0. The van der Waals surface area contributed by atoms with Gasteiger partial charge in [-0.3, -0.25) is 0 Å². The van der Waals surface area contributed by atoms with Gasteiger partial charge in [-0.25, -0.2) is 0 Å². The van der Waals surface area contributed by atoms with Crippen molar-refractivity contribution in [1.29, 1.82) is 0 Å². The van der Waals surface area contributed by atoms with Crippen LogP contribution >= 0.6 is 0 Å². The Bertz CT molecular complexity index is 51.1. The number of hydrogen-bond donors (Lipinski definition) is 0. The summed E-state index contributed by atoms with van der Waals surface area (Å²) in [6.07, 6.45) is 5.66. The Morgan fingerprint density at radius 3 is 1.25 bits per heavy atom. The fourth-order valence-corrected chi connectivity index (χ4v) is 0.289. The molecule has 0 N–H and O–H groups in total. The Labute approximate surface area is 80.1 Å². The van der Waals surface area contributed by atoms with Crippen LogP contribution in [0.1, 0.15) is 60.8 Å². The Morgan fingerprint density at radius 2 is 1.25 bits per heavy atom. The highest BCUT2D eigenvalue weighted by Gasteiger charge is 1.88. The molecule has 0 aromatic heterocycles. The quantitative estimate of drug-likeness (QED) is 0.511. The zero-order chi connectivity index (χ0) is 10.4. The molecule has 76 valence electrons. The lowest BCUT2D eigenvalue weighted by Crippen LogP contribution is -1.85. The molecule has 0 spiro atoms. The van der Waals surface area contributed by atoms with Crippen molar-refractivity contribution in [2.45, 2.75) is 60.8 Å². The number of rotatable bonds is 2. The minimum atomic E-state index is 0.935. The van der Waals surface area contributed by atoms with Gasteiger partial charge in [0.15, 0.2) is 0 Å². The molecule has 0 saturated carbocycles. The van der Waals surface area contributed by atoms with E-state index in [1.807, 2.05) is 6.92 Å². The predicted octanol–water partition coefficient (Wildman–Crippen LogP) is 5.05. The molecule has 0 unspecified atom stereocenters. The van der Waals surface area contributed by atoms with E-state index in [1.54, 1.807) is 6.08 Å². The van der Waals surface area contributed by atoms with E-state index < -0.39 is 0 Å². The molecule has 0 bridgehead atoms. The second kappa shape index (κ2) is 22.4. The molecule has 0 rings (SSSR count). The normalized spacial score (nSPS) is 7.58. The standard InChI is InChI=1S/C6H14.C3H8.C3H6/c1-4-6(3)5-2;2*1-3-2/h6H,4-5H2,1-3H3;3H2,1-2H3;3H,1H2,2H3. The van der Waals surface area contributed by atoms with Crippen molar-refractivity contribution in [2.75, 3.05) is 0 Å². The van der Waals surface area contributed by atoms with Crippen LogP contribution in [-0.4, -0.2) is 0 Å². The van der Waals surface area contributed by atoms with E-state index in [2.05, 4.69) is 41.2 Å². The second-order valence-electron chi connectivity index (χ2n) is 3.04. The third kappa shape index (κ3) is 53.2. The lowest BCUT2D eigenvalue weighted by atomic mass is 10.1. The van der Waals surface area contributed by atoms with Crippen molar-refractivity contribution in [3.8, 4) is 0 Å². The molecule has 0 heteroatoms. The van der Waals surface area contributed by atoms with Crippen LogP contribution in [0.2, 0.25) is 0 Å². The van der Waals surface area contributed by atoms with Gasteiger partial charge in [0.2, 0.25) is 0 Å². The molecule has 0 aliphatic carbocycles. The Kier molecular flexibility index (Phi) is 33.1. The average Bonchev–Trinajstić information content (AvgIpc) is 2.06. The minimum Gasteiger partial charge on any atom is -0.103 e. The summed E-state index contributed by atoms with van der Waals surface area (Å²) in [4.78, 5) is 0. The van der Waals surface area contributed by atoms with Crippen LogP contribution in [0, 0.1) is 5.92 Å². The van der Waals surface area contributed by atoms with E-state index in [0.29, 0.717) is 0 Å². The van der Waals surface area contributed by atoms with Gasteiger partial charge in [-0.1, -0.05) is 60.0 Å². The molecule has 0 aliphatic rings. The fraction of sp³-hybridized carbons (Fsp3) is 0.833. The summed E-state index contributed by atoms with van der Waals surface area (Å²) in [5, 5.41) is 0. The van der Waals surface area contributed by atoms with Gasteiger partial charge in [0.25, 0.3) is 0 Å². The monoisotopic (exact) mass is 172 g/mol. The molecule has 0 aromatic rings. The van der Waals surface area contributed by atoms with Crippen LogP contribution in [0.3, 0.4) is 0 Å². The zero-order valence-corrected chi connectivity index (χ0v) is 9.98. The van der Waals surface area contributed by atoms with Crippen molar-refractivity contribution in [3.05, 3.63) is 12.7 Å². The summed E-state index contributed by atoms with van der Waals surface area (Å²) in [6.45, 7) is 16.2. The van der Waals surface area contributed by atoms with Gasteiger partial charge in [-0.2, -0.15) is 0 Å². The molecule has 0 radical (unpaired) electrons. The lowest BCUT2D eigenvalue weighted by Gasteiger charge is -1.98. The van der Waals surface area contributed by atoms with Gasteiger partial charge in [-0.05, 0) is 12.8 Å². The topological polar surface area (TPSA) is 0 Å². The smallest absolute Gasteiger partial charge is 0.0448 e. The summed E-state index contributed by atoms with van der Waals surface area (Å²) < 4.78 is 0. The first-order chi connectivity index (χ1) is 5.64. The van der Waals surface area contributed by atoms with Crippen LogP contribution in [0.15, 0.2) is 12.7 Å². The minimum absolute atomic E-state index is 0.935. The maximum absolute atomic E-state index is 3.36. The van der Waals surface area contributed by atoms with Crippen LogP contribution in [-0.2, 0) is 0 Å². The maximum atomic E-state index is 3.36. The summed E-state index contributed by atoms with van der Waals surface area (Å²) in [6, 6.07) is 0. The average molecular weight is 172 g/mol. The van der Waals surface area contributed by atoms with Gasteiger partial charge in [0.1, 0.15) is 0 Å². The summed E-state index contributed by atoms with van der Waals surface area (Å²) >= 11 is 0. The summed E-state index contributed by atoms with van der Waals surface area (Å²) in [5.74, 6) is 0.935. The second-order valence-corrected chi connectivity index (χ2v) is 3.04. The molecule has 0 nitrogen and oxygen atoms in total. The van der Waals surface area contributed by atoms with Crippen LogP contribution in [0.4, 0.5) is 0 Å². The largest absolute Gasteiger partial charge is 0.103 e. The van der Waals surface area contributed by atoms with Crippen molar-refractivity contribution < 1.29 is 0 Å². The van der Waals surface area contributed by atoms with Crippen molar-refractivity contribution in [2.24, 2.45) is 5.92 Å². The molecule has 0 amide bonds. The van der Waals surface area contributed by atoms with Gasteiger partial charge in [0.05, 0.1) is 0 Å². The van der Waals surface area contributed by atoms with Gasteiger partial charge in [0, 0.05) is 0 Å². The van der Waals surface area contributed by atoms with Crippen molar-refractivity contribution in [1.82, 2.24) is 0 Å². The summed E-state index contributed by atoms with van der Waals surface area (Å²) in [7, 11) is 0. The van der Waals surface area contributed by atoms with E-state index in [4.69, 9.17) is 0 Å². The third-order valence-electron chi connectivity index (χ3n) is 1.39. The van der Waals surface area contributed by atoms with Gasteiger partial charge < -0.3 is 0 Å². The van der Waals surface area contributed by atoms with Crippen LogP contribution < -0.4 is 0 Å². The van der Waals surface area contributed by atoms with E-state index in [9.17, 15) is 0 Å². The maximum Gasteiger partial charge on any atom is -0.0448 e. The molecule has 0 heterocycles. The van der Waals surface area contributed by atoms with E-state index in [1.165, 1.54) is 19.3 Å². The van der Waals surface area contributed by atoms with Gasteiger partial charge >= 0.3 is 0 Å². The zero-order valence-electron chi connectivity index (χ0n) is 9.98. The Morgan fingerprint density at radius 1 is 1.08 bits per heavy atom. The van der Waals surface area contributed by atoms with E-state index in [-0.39, 0.29) is 0 Å². The number of allylic oxidation sites excluding steroid dienone is 1. The first-order valence-electron chi connectivity index (χ1n) is 5.21. The molecule has 0 aliphatic heterocycles. The fourth-order valence-electron chi connectivity index (χ4n) is 0.289. The highest BCUT2D eigenvalue weighted by atomic mass is 13.9. The van der Waals surface area contributed by atoms with Crippen molar-refractivity contribution >= 4 is 0 Å². The molecular weight excluding hydrogens is 144 g/mol. The van der Waals surface area contributed by atoms with Crippen LogP contribution in [0.25, 0.3) is 0 Å². The van der Waals surface area contributed by atoms with Crippen molar-refractivity contribution in [3.63, 3.8) is 0 Å². The molecule has 0 saturated heterocycles. The SMILES string of the molecule is C=CC.CCC.CCC(C)CC. The first kappa shape index (κ1) is 17.7. The first-order valence-corrected chi connectivity index (χ1v) is 5.21. The predicted molar refractivity (Wildman–Crippen MR) is 61.6 cm³/mol. The van der Waals surface area contributed by atoms with E-state index in [0.717, 1.165) is 5.92 Å². The molecule has 0 atom stereocenters. The third-order valence-corrected chi connectivity index (χ3v) is 1.39. The Hall–Kier alpha value is -0.260.